The van der Waals surface area contributed by atoms with Crippen molar-refractivity contribution in [1.29, 1.82) is 5.26 Å². The van der Waals surface area contributed by atoms with Crippen molar-refractivity contribution in [3.63, 3.8) is 0 Å². The molecule has 0 bridgehead atoms. The average molecular weight is 220 g/mol. The molecule has 1 rings (SSSR count). The molecule has 0 N–H and O–H groups in total. The molecule has 0 heterocycles. The van der Waals surface area contributed by atoms with Crippen LogP contribution in [0.25, 0.3) is 0 Å². The van der Waals surface area contributed by atoms with Crippen molar-refractivity contribution in [2.45, 2.75) is 11.6 Å². The Hall–Kier alpha value is -1.21. The van der Waals surface area contributed by atoms with E-state index in [4.69, 9.17) is 16.9 Å². The maximum atomic E-state index is 12.4. The molecule has 14 heavy (non-hydrogen) atoms. The zero-order chi connectivity index (χ0) is 10.8. The summed E-state index contributed by atoms with van der Waals surface area (Å²) in [6.07, 6.45) is -4.47. The van der Waals surface area contributed by atoms with E-state index in [0.29, 0.717) is 0 Å². The third-order valence-corrected chi connectivity index (χ3v) is 1.99. The number of hydrogen-bond acceptors (Lipinski definition) is 1. The molecule has 1 unspecified atom stereocenters. The first kappa shape index (κ1) is 10.9. The third kappa shape index (κ3) is 2.18. The van der Waals surface area contributed by atoms with Gasteiger partial charge in [0, 0.05) is 0 Å². The second-order valence-corrected chi connectivity index (χ2v) is 3.01. The average Bonchev–Trinajstić information content (AvgIpc) is 2.15. The number of rotatable bonds is 1. The number of alkyl halides is 4. The summed E-state index contributed by atoms with van der Waals surface area (Å²) in [5.74, 6) is 0. The first-order chi connectivity index (χ1) is 6.46. The molecule has 0 amide bonds. The zero-order valence-corrected chi connectivity index (χ0v) is 7.60. The van der Waals surface area contributed by atoms with E-state index >= 15 is 0 Å². The summed E-state index contributed by atoms with van der Waals surface area (Å²) < 4.78 is 37.1. The van der Waals surface area contributed by atoms with Crippen LogP contribution in [0.15, 0.2) is 24.3 Å². The monoisotopic (exact) mass is 219 g/mol. The van der Waals surface area contributed by atoms with Crippen LogP contribution in [-0.4, -0.2) is 0 Å². The molecular formula is C9H5ClF3N. The van der Waals surface area contributed by atoms with Crippen LogP contribution >= 0.6 is 11.6 Å². The summed E-state index contributed by atoms with van der Waals surface area (Å²) in [6.45, 7) is 0. The zero-order valence-electron chi connectivity index (χ0n) is 6.85. The van der Waals surface area contributed by atoms with Gasteiger partial charge in [-0.3, -0.25) is 0 Å². The molecule has 0 fully saturated rings. The fourth-order valence-electron chi connectivity index (χ4n) is 1.05. The Labute approximate surface area is 83.7 Å². The van der Waals surface area contributed by atoms with Crippen LogP contribution in [-0.2, 0) is 6.18 Å². The highest BCUT2D eigenvalue weighted by Gasteiger charge is 2.34. The lowest BCUT2D eigenvalue weighted by molar-refractivity contribution is -0.138. The van der Waals surface area contributed by atoms with Gasteiger partial charge in [-0.05, 0) is 11.6 Å². The van der Waals surface area contributed by atoms with Gasteiger partial charge in [-0.1, -0.05) is 18.2 Å². The Morgan fingerprint density at radius 2 is 1.86 bits per heavy atom. The van der Waals surface area contributed by atoms with Gasteiger partial charge in [0.2, 0.25) is 0 Å². The molecule has 0 aliphatic heterocycles. The van der Waals surface area contributed by atoms with Crippen molar-refractivity contribution in [2.75, 3.05) is 0 Å². The lowest BCUT2D eigenvalue weighted by Gasteiger charge is -2.12. The van der Waals surface area contributed by atoms with Gasteiger partial charge in [0.05, 0.1) is 11.6 Å². The van der Waals surface area contributed by atoms with E-state index in [1.54, 1.807) is 6.07 Å². The van der Waals surface area contributed by atoms with Gasteiger partial charge in [0.25, 0.3) is 0 Å². The van der Waals surface area contributed by atoms with Crippen LogP contribution in [0.5, 0.6) is 0 Å². The van der Waals surface area contributed by atoms with E-state index in [1.807, 2.05) is 0 Å². The molecule has 0 aromatic heterocycles. The molecule has 5 heteroatoms. The standard InChI is InChI=1S/C9H5ClF3N/c10-8(5-14)6-3-1-2-4-7(6)9(11,12)13/h1-4,8H. The number of nitriles is 1. The number of hydrogen-bond donors (Lipinski definition) is 0. The molecule has 74 valence electrons. The Balaban J connectivity index is 3.25. The van der Waals surface area contributed by atoms with Crippen LogP contribution in [0.1, 0.15) is 16.5 Å². The van der Waals surface area contributed by atoms with E-state index in [9.17, 15) is 13.2 Å². The molecule has 0 saturated carbocycles. The number of halogens is 4. The maximum Gasteiger partial charge on any atom is 0.416 e. The van der Waals surface area contributed by atoms with Crippen molar-refractivity contribution in [2.24, 2.45) is 0 Å². The summed E-state index contributed by atoms with van der Waals surface area (Å²) in [5, 5.41) is 7.16. The number of benzene rings is 1. The van der Waals surface area contributed by atoms with Gasteiger partial charge in [0.1, 0.15) is 5.38 Å². The van der Waals surface area contributed by atoms with Crippen LogP contribution in [0.3, 0.4) is 0 Å². The van der Waals surface area contributed by atoms with Crippen LogP contribution in [0.2, 0.25) is 0 Å². The first-order valence-electron chi connectivity index (χ1n) is 3.66. The molecule has 0 aliphatic carbocycles. The fourth-order valence-corrected chi connectivity index (χ4v) is 1.24. The minimum Gasteiger partial charge on any atom is -0.196 e. The van der Waals surface area contributed by atoms with Gasteiger partial charge < -0.3 is 0 Å². The van der Waals surface area contributed by atoms with Crippen LogP contribution in [0, 0.1) is 11.3 Å². The van der Waals surface area contributed by atoms with Gasteiger partial charge in [-0.25, -0.2) is 0 Å². The Kier molecular flexibility index (Phi) is 3.02. The normalized spacial score (nSPS) is 13.4. The van der Waals surface area contributed by atoms with Crippen molar-refractivity contribution >= 4 is 11.6 Å². The molecule has 1 aromatic rings. The predicted molar refractivity (Wildman–Crippen MR) is 45.7 cm³/mol. The Bertz CT molecular complexity index is 367. The van der Waals surface area contributed by atoms with E-state index in [-0.39, 0.29) is 5.56 Å². The van der Waals surface area contributed by atoms with E-state index in [0.717, 1.165) is 6.07 Å². The highest BCUT2D eigenvalue weighted by molar-refractivity contribution is 6.22. The third-order valence-electron chi connectivity index (χ3n) is 1.65. The largest absolute Gasteiger partial charge is 0.416 e. The van der Waals surface area contributed by atoms with E-state index < -0.39 is 17.1 Å². The summed E-state index contributed by atoms with van der Waals surface area (Å²) in [4.78, 5) is 0. The Morgan fingerprint density at radius 1 is 1.29 bits per heavy atom. The SMILES string of the molecule is N#CC(Cl)c1ccccc1C(F)(F)F. The number of nitrogens with zero attached hydrogens (tertiary/aromatic N) is 1. The maximum absolute atomic E-state index is 12.4. The molecular weight excluding hydrogens is 215 g/mol. The van der Waals surface area contributed by atoms with Crippen LogP contribution < -0.4 is 0 Å². The highest BCUT2D eigenvalue weighted by Crippen LogP contribution is 2.35. The molecule has 0 spiro atoms. The molecule has 1 nitrogen and oxygen atoms in total. The second kappa shape index (κ2) is 3.89. The minimum absolute atomic E-state index is 0.204. The predicted octanol–water partition coefficient (Wildman–Crippen LogP) is 3.51. The van der Waals surface area contributed by atoms with Gasteiger partial charge in [0.15, 0.2) is 0 Å². The Morgan fingerprint density at radius 3 is 2.36 bits per heavy atom. The molecule has 0 aliphatic rings. The topological polar surface area (TPSA) is 23.8 Å². The second-order valence-electron chi connectivity index (χ2n) is 2.58. The first-order valence-corrected chi connectivity index (χ1v) is 4.10. The van der Waals surface area contributed by atoms with E-state index in [1.165, 1.54) is 18.2 Å². The summed E-state index contributed by atoms with van der Waals surface area (Å²) in [5.41, 5.74) is -1.06. The molecule has 1 aromatic carbocycles. The summed E-state index contributed by atoms with van der Waals surface area (Å²) >= 11 is 5.44. The smallest absolute Gasteiger partial charge is 0.196 e. The summed E-state index contributed by atoms with van der Waals surface area (Å²) in [7, 11) is 0. The van der Waals surface area contributed by atoms with Crippen molar-refractivity contribution in [1.82, 2.24) is 0 Å². The summed E-state index contributed by atoms with van der Waals surface area (Å²) in [6, 6.07) is 6.33. The van der Waals surface area contributed by atoms with Crippen molar-refractivity contribution in [3.05, 3.63) is 35.4 Å². The lowest BCUT2D eigenvalue weighted by Crippen LogP contribution is -2.09. The van der Waals surface area contributed by atoms with Gasteiger partial charge in [-0.15, -0.1) is 11.6 Å². The van der Waals surface area contributed by atoms with Gasteiger partial charge >= 0.3 is 6.18 Å². The lowest BCUT2D eigenvalue weighted by atomic mass is 10.0. The molecule has 0 radical (unpaired) electrons. The van der Waals surface area contributed by atoms with E-state index in [2.05, 4.69) is 0 Å². The minimum atomic E-state index is -4.47. The quantitative estimate of drug-likeness (QED) is 0.663. The van der Waals surface area contributed by atoms with Gasteiger partial charge in [-0.2, -0.15) is 18.4 Å². The molecule has 1 atom stereocenters. The van der Waals surface area contributed by atoms with Crippen LogP contribution in [0.4, 0.5) is 13.2 Å². The van der Waals surface area contributed by atoms with Crippen molar-refractivity contribution in [3.8, 4) is 6.07 Å². The molecule has 0 saturated heterocycles. The van der Waals surface area contributed by atoms with Crippen molar-refractivity contribution < 1.29 is 13.2 Å². The highest BCUT2D eigenvalue weighted by atomic mass is 35.5. The fraction of sp³-hybridized carbons (Fsp3) is 0.222.